The lowest BCUT2D eigenvalue weighted by molar-refractivity contribution is 1.43. The number of nitrogens with zero attached hydrogens (tertiary/aromatic N) is 1. The molecule has 0 saturated heterocycles. The Hall–Kier alpha value is -1.60. The summed E-state index contributed by atoms with van der Waals surface area (Å²) in [5.74, 6) is 0. The van der Waals surface area contributed by atoms with Crippen LogP contribution in [0, 0.1) is 0 Å². The van der Waals surface area contributed by atoms with Crippen LogP contribution in [0.3, 0.4) is 0 Å². The predicted molar refractivity (Wildman–Crippen MR) is 64.3 cm³/mol. The molecule has 0 fully saturated rings. The molecular formula is C13H8ClN. The maximum Gasteiger partial charge on any atom is 0.0780 e. The number of hydrogen-bond acceptors (Lipinski definition) is 1. The van der Waals surface area contributed by atoms with Crippen molar-refractivity contribution in [2.24, 2.45) is 0 Å². The number of hydrogen-bond donors (Lipinski definition) is 0. The molecule has 0 saturated carbocycles. The SMILES string of the molecule is Clc1ccc2ccc3cccnc3c2c1. The zero-order valence-corrected chi connectivity index (χ0v) is 8.70. The van der Waals surface area contributed by atoms with E-state index in [1.165, 1.54) is 5.39 Å². The third kappa shape index (κ3) is 1.36. The van der Waals surface area contributed by atoms with Crippen LogP contribution in [-0.2, 0) is 0 Å². The fraction of sp³-hybridized carbons (Fsp3) is 0. The van der Waals surface area contributed by atoms with Gasteiger partial charge in [0.1, 0.15) is 0 Å². The van der Waals surface area contributed by atoms with Crippen molar-refractivity contribution < 1.29 is 0 Å². The lowest BCUT2D eigenvalue weighted by Crippen LogP contribution is -1.80. The number of aromatic nitrogens is 1. The molecule has 1 nitrogen and oxygen atoms in total. The van der Waals surface area contributed by atoms with Crippen molar-refractivity contribution in [2.75, 3.05) is 0 Å². The van der Waals surface area contributed by atoms with Crippen molar-refractivity contribution in [2.45, 2.75) is 0 Å². The van der Waals surface area contributed by atoms with Crippen molar-refractivity contribution in [1.29, 1.82) is 0 Å². The molecule has 3 rings (SSSR count). The Morgan fingerprint density at radius 2 is 1.73 bits per heavy atom. The first kappa shape index (κ1) is 8.69. The minimum atomic E-state index is 0.751. The molecule has 0 unspecified atom stereocenters. The topological polar surface area (TPSA) is 12.9 Å². The largest absolute Gasteiger partial charge is 0.256 e. The van der Waals surface area contributed by atoms with E-state index in [0.29, 0.717) is 0 Å². The zero-order chi connectivity index (χ0) is 10.3. The van der Waals surface area contributed by atoms with Gasteiger partial charge in [-0.15, -0.1) is 0 Å². The van der Waals surface area contributed by atoms with E-state index in [2.05, 4.69) is 23.2 Å². The molecular weight excluding hydrogens is 206 g/mol. The summed E-state index contributed by atoms with van der Waals surface area (Å²) in [4.78, 5) is 4.39. The molecule has 0 aliphatic heterocycles. The molecule has 3 aromatic rings. The molecule has 0 atom stereocenters. The maximum atomic E-state index is 5.99. The van der Waals surface area contributed by atoms with Gasteiger partial charge in [0, 0.05) is 22.0 Å². The van der Waals surface area contributed by atoms with Crippen LogP contribution < -0.4 is 0 Å². The summed E-state index contributed by atoms with van der Waals surface area (Å²) in [7, 11) is 0. The lowest BCUT2D eigenvalue weighted by atomic mass is 10.1. The standard InChI is InChI=1S/C13H8ClN/c14-11-6-5-9-3-4-10-2-1-7-15-13(10)12(9)8-11/h1-8H. The average molecular weight is 214 g/mol. The van der Waals surface area contributed by atoms with Crippen LogP contribution in [0.25, 0.3) is 21.7 Å². The molecule has 2 heteroatoms. The quantitative estimate of drug-likeness (QED) is 0.514. The monoisotopic (exact) mass is 213 g/mol. The van der Waals surface area contributed by atoms with Gasteiger partial charge < -0.3 is 0 Å². The van der Waals surface area contributed by atoms with Gasteiger partial charge in [-0.3, -0.25) is 4.98 Å². The zero-order valence-electron chi connectivity index (χ0n) is 7.94. The fourth-order valence-corrected chi connectivity index (χ4v) is 2.01. The molecule has 2 aromatic carbocycles. The van der Waals surface area contributed by atoms with Crippen LogP contribution in [0.5, 0.6) is 0 Å². The summed E-state index contributed by atoms with van der Waals surface area (Å²) < 4.78 is 0. The smallest absolute Gasteiger partial charge is 0.0780 e. The molecule has 0 bridgehead atoms. The first-order valence-electron chi connectivity index (χ1n) is 4.77. The van der Waals surface area contributed by atoms with Crippen LogP contribution in [0.2, 0.25) is 5.02 Å². The molecule has 15 heavy (non-hydrogen) atoms. The van der Waals surface area contributed by atoms with Crippen molar-refractivity contribution in [3.8, 4) is 0 Å². The van der Waals surface area contributed by atoms with Crippen molar-refractivity contribution >= 4 is 33.3 Å². The van der Waals surface area contributed by atoms with Crippen LogP contribution in [-0.4, -0.2) is 4.98 Å². The van der Waals surface area contributed by atoms with Gasteiger partial charge in [0.2, 0.25) is 0 Å². The van der Waals surface area contributed by atoms with Gasteiger partial charge in [0.05, 0.1) is 5.52 Å². The predicted octanol–water partition coefficient (Wildman–Crippen LogP) is 4.04. The Balaban J connectivity index is 2.57. The van der Waals surface area contributed by atoms with Gasteiger partial charge >= 0.3 is 0 Å². The second-order valence-corrected chi connectivity index (χ2v) is 3.94. The molecule has 1 aromatic heterocycles. The van der Waals surface area contributed by atoms with Crippen molar-refractivity contribution in [3.05, 3.63) is 53.7 Å². The van der Waals surface area contributed by atoms with Crippen LogP contribution in [0.4, 0.5) is 0 Å². The molecule has 72 valence electrons. The summed E-state index contributed by atoms with van der Waals surface area (Å²) in [5.41, 5.74) is 1.01. The normalized spacial score (nSPS) is 11.0. The minimum absolute atomic E-state index is 0.751. The van der Waals surface area contributed by atoms with Gasteiger partial charge in [-0.05, 0) is 23.6 Å². The Kier molecular flexibility index (Phi) is 1.86. The van der Waals surface area contributed by atoms with Gasteiger partial charge in [-0.2, -0.15) is 0 Å². The van der Waals surface area contributed by atoms with Crippen LogP contribution in [0.15, 0.2) is 48.7 Å². The van der Waals surface area contributed by atoms with E-state index in [1.54, 1.807) is 0 Å². The van der Waals surface area contributed by atoms with E-state index in [-0.39, 0.29) is 0 Å². The average Bonchev–Trinajstić information content (AvgIpc) is 2.29. The Morgan fingerprint density at radius 3 is 2.67 bits per heavy atom. The second kappa shape index (κ2) is 3.21. The number of benzene rings is 2. The molecule has 0 radical (unpaired) electrons. The molecule has 0 aliphatic carbocycles. The van der Waals surface area contributed by atoms with E-state index >= 15 is 0 Å². The van der Waals surface area contributed by atoms with Gasteiger partial charge in [0.25, 0.3) is 0 Å². The van der Waals surface area contributed by atoms with E-state index in [4.69, 9.17) is 11.6 Å². The first-order valence-corrected chi connectivity index (χ1v) is 5.15. The van der Waals surface area contributed by atoms with Crippen LogP contribution >= 0.6 is 11.6 Å². The van der Waals surface area contributed by atoms with E-state index < -0.39 is 0 Å². The highest BCUT2D eigenvalue weighted by Gasteiger charge is 2.01. The number of halogens is 1. The highest BCUT2D eigenvalue weighted by atomic mass is 35.5. The summed E-state index contributed by atoms with van der Waals surface area (Å²) in [6, 6.07) is 14.1. The fourth-order valence-electron chi connectivity index (χ4n) is 1.84. The summed E-state index contributed by atoms with van der Waals surface area (Å²) in [6.45, 7) is 0. The molecule has 0 amide bonds. The minimum Gasteiger partial charge on any atom is -0.256 e. The summed E-state index contributed by atoms with van der Waals surface area (Å²) >= 11 is 5.99. The molecule has 1 heterocycles. The number of fused-ring (bicyclic) bond motifs is 3. The highest BCUT2D eigenvalue weighted by molar-refractivity contribution is 6.31. The van der Waals surface area contributed by atoms with Gasteiger partial charge in [-0.1, -0.05) is 35.9 Å². The van der Waals surface area contributed by atoms with Crippen LogP contribution in [0.1, 0.15) is 0 Å². The van der Waals surface area contributed by atoms with Gasteiger partial charge in [0.15, 0.2) is 0 Å². The first-order chi connectivity index (χ1) is 7.34. The third-order valence-electron chi connectivity index (χ3n) is 2.55. The van der Waals surface area contributed by atoms with Crippen molar-refractivity contribution in [1.82, 2.24) is 4.98 Å². The highest BCUT2D eigenvalue weighted by Crippen LogP contribution is 2.25. The number of pyridine rings is 1. The lowest BCUT2D eigenvalue weighted by Gasteiger charge is -2.02. The third-order valence-corrected chi connectivity index (χ3v) is 2.79. The summed E-state index contributed by atoms with van der Waals surface area (Å²) in [5, 5.41) is 4.18. The Labute approximate surface area is 92.3 Å². The van der Waals surface area contributed by atoms with E-state index in [0.717, 1.165) is 21.3 Å². The maximum absolute atomic E-state index is 5.99. The molecule has 0 aliphatic rings. The van der Waals surface area contributed by atoms with Crippen molar-refractivity contribution in [3.63, 3.8) is 0 Å². The second-order valence-electron chi connectivity index (χ2n) is 3.51. The van der Waals surface area contributed by atoms with E-state index in [9.17, 15) is 0 Å². The Morgan fingerprint density at radius 1 is 0.933 bits per heavy atom. The summed E-state index contributed by atoms with van der Waals surface area (Å²) in [6.07, 6.45) is 1.81. The Bertz CT molecular complexity index is 646. The van der Waals surface area contributed by atoms with Gasteiger partial charge in [-0.25, -0.2) is 0 Å². The van der Waals surface area contributed by atoms with E-state index in [1.807, 2.05) is 30.5 Å². The number of rotatable bonds is 0. The molecule has 0 spiro atoms. The molecule has 0 N–H and O–H groups in total.